The summed E-state index contributed by atoms with van der Waals surface area (Å²) in [6.45, 7) is 7.60. The molecule has 1 N–H and O–H groups in total. The summed E-state index contributed by atoms with van der Waals surface area (Å²) in [5.74, 6) is 0.0564. The summed E-state index contributed by atoms with van der Waals surface area (Å²) in [5.41, 5.74) is 2.32. The second-order valence-electron chi connectivity index (χ2n) is 7.94. The fourth-order valence-electron chi connectivity index (χ4n) is 4.70. The van der Waals surface area contributed by atoms with Crippen LogP contribution >= 0.6 is 12.4 Å². The van der Waals surface area contributed by atoms with Crippen LogP contribution in [0.1, 0.15) is 29.3 Å². The van der Waals surface area contributed by atoms with Gasteiger partial charge in [0.05, 0.1) is 11.9 Å². The molecule has 3 heterocycles. The number of benzene rings is 1. The Morgan fingerprint density at radius 2 is 1.89 bits per heavy atom. The summed E-state index contributed by atoms with van der Waals surface area (Å²) < 4.78 is 25.6. The Morgan fingerprint density at radius 3 is 2.57 bits per heavy atom. The second kappa shape index (κ2) is 8.18. The van der Waals surface area contributed by atoms with E-state index >= 15 is 0 Å². The number of piperazine rings is 1. The van der Waals surface area contributed by atoms with Gasteiger partial charge in [-0.2, -0.15) is 0 Å². The van der Waals surface area contributed by atoms with Gasteiger partial charge in [0.2, 0.25) is 10.0 Å². The number of nitrogens with one attached hydrogen (secondary N) is 1. The zero-order chi connectivity index (χ0) is 19.2. The number of halogens is 1. The molecular formula is C19H29ClN4O3S. The molecular weight excluding hydrogens is 400 g/mol. The summed E-state index contributed by atoms with van der Waals surface area (Å²) >= 11 is 0. The topological polar surface area (TPSA) is 73.0 Å². The van der Waals surface area contributed by atoms with Gasteiger partial charge >= 0.3 is 0 Å². The smallest absolute Gasteiger partial charge is 0.253 e. The van der Waals surface area contributed by atoms with Crippen molar-refractivity contribution in [2.45, 2.75) is 31.8 Å². The molecule has 0 aliphatic carbocycles. The van der Waals surface area contributed by atoms with Crippen molar-refractivity contribution < 1.29 is 13.2 Å². The van der Waals surface area contributed by atoms with Gasteiger partial charge < -0.3 is 10.2 Å². The van der Waals surface area contributed by atoms with E-state index in [-0.39, 0.29) is 24.4 Å². The first kappa shape index (κ1) is 21.4. The molecule has 2 saturated heterocycles. The van der Waals surface area contributed by atoms with Crippen molar-refractivity contribution in [1.29, 1.82) is 0 Å². The number of fused-ring (bicyclic) bond motifs is 1. The molecule has 7 nitrogen and oxygen atoms in total. The van der Waals surface area contributed by atoms with E-state index in [4.69, 9.17) is 0 Å². The Morgan fingerprint density at radius 1 is 1.18 bits per heavy atom. The van der Waals surface area contributed by atoms with Gasteiger partial charge in [-0.1, -0.05) is 0 Å². The van der Waals surface area contributed by atoms with Crippen LogP contribution in [0.15, 0.2) is 18.2 Å². The Kier molecular flexibility index (Phi) is 6.24. The monoisotopic (exact) mass is 428 g/mol. The van der Waals surface area contributed by atoms with Crippen LogP contribution in [0.4, 0.5) is 5.69 Å². The van der Waals surface area contributed by atoms with Crippen LogP contribution in [-0.2, 0) is 16.4 Å². The SMILES string of the molecule is CC1Cc2cc(C(=O)N3CCC(N4CCNCC4)C3)ccc2N1S(C)(=O)=O.Cl. The van der Waals surface area contributed by atoms with Crippen molar-refractivity contribution in [3.8, 4) is 0 Å². The molecule has 1 aromatic rings. The van der Waals surface area contributed by atoms with Crippen molar-refractivity contribution in [3.05, 3.63) is 29.3 Å². The van der Waals surface area contributed by atoms with Crippen LogP contribution in [0, 0.1) is 0 Å². The van der Waals surface area contributed by atoms with E-state index in [0.717, 1.165) is 51.3 Å². The highest BCUT2D eigenvalue weighted by Gasteiger charge is 2.35. The van der Waals surface area contributed by atoms with Crippen LogP contribution in [0.3, 0.4) is 0 Å². The number of nitrogens with zero attached hydrogens (tertiary/aromatic N) is 3. The predicted octanol–water partition coefficient (Wildman–Crippen LogP) is 0.939. The third-order valence-corrected chi connectivity index (χ3v) is 7.23. The van der Waals surface area contributed by atoms with Crippen molar-refractivity contribution in [2.75, 3.05) is 49.8 Å². The van der Waals surface area contributed by atoms with Gasteiger partial charge in [0.15, 0.2) is 0 Å². The van der Waals surface area contributed by atoms with Gasteiger partial charge in [0.25, 0.3) is 5.91 Å². The molecule has 4 rings (SSSR count). The van der Waals surface area contributed by atoms with Gasteiger partial charge in [-0.25, -0.2) is 8.42 Å². The lowest BCUT2D eigenvalue weighted by Crippen LogP contribution is -2.49. The van der Waals surface area contributed by atoms with E-state index in [1.807, 2.05) is 17.9 Å². The Bertz CT molecular complexity index is 842. The summed E-state index contributed by atoms with van der Waals surface area (Å²) in [6, 6.07) is 5.79. The van der Waals surface area contributed by atoms with Crippen LogP contribution in [0.5, 0.6) is 0 Å². The summed E-state index contributed by atoms with van der Waals surface area (Å²) in [6.07, 6.45) is 2.90. The lowest BCUT2D eigenvalue weighted by atomic mass is 10.1. The van der Waals surface area contributed by atoms with Gasteiger partial charge in [0.1, 0.15) is 0 Å². The molecule has 0 bridgehead atoms. The Labute approximate surface area is 173 Å². The van der Waals surface area contributed by atoms with Gasteiger partial charge in [-0.15, -0.1) is 12.4 Å². The first-order valence-corrected chi connectivity index (χ1v) is 11.6. The molecule has 3 aliphatic rings. The zero-order valence-corrected chi connectivity index (χ0v) is 18.1. The molecule has 2 unspecified atom stereocenters. The molecule has 3 aliphatic heterocycles. The maximum atomic E-state index is 13.0. The average molecular weight is 429 g/mol. The fraction of sp³-hybridized carbons (Fsp3) is 0.632. The molecule has 2 atom stereocenters. The molecule has 1 amide bonds. The highest BCUT2D eigenvalue weighted by atomic mass is 35.5. The van der Waals surface area contributed by atoms with E-state index < -0.39 is 10.0 Å². The van der Waals surface area contributed by atoms with E-state index in [9.17, 15) is 13.2 Å². The predicted molar refractivity (Wildman–Crippen MR) is 113 cm³/mol. The number of carbonyl (C=O) groups is 1. The lowest BCUT2D eigenvalue weighted by Gasteiger charge is -2.32. The van der Waals surface area contributed by atoms with Crippen LogP contribution < -0.4 is 9.62 Å². The number of sulfonamides is 1. The number of hydrogen-bond acceptors (Lipinski definition) is 5. The third-order valence-electron chi connectivity index (χ3n) is 5.96. The molecule has 0 aromatic heterocycles. The molecule has 156 valence electrons. The number of rotatable bonds is 3. The van der Waals surface area contributed by atoms with Crippen LogP contribution in [0.25, 0.3) is 0 Å². The fourth-order valence-corrected chi connectivity index (χ4v) is 5.96. The molecule has 28 heavy (non-hydrogen) atoms. The van der Waals surface area contributed by atoms with Crippen molar-refractivity contribution in [3.63, 3.8) is 0 Å². The lowest BCUT2D eigenvalue weighted by molar-refractivity contribution is 0.0773. The quantitative estimate of drug-likeness (QED) is 0.775. The highest BCUT2D eigenvalue weighted by molar-refractivity contribution is 7.92. The normalized spacial score (nSPS) is 25.5. The average Bonchev–Trinajstić information content (AvgIpc) is 3.24. The maximum Gasteiger partial charge on any atom is 0.253 e. The van der Waals surface area contributed by atoms with E-state index in [2.05, 4.69) is 10.2 Å². The first-order valence-electron chi connectivity index (χ1n) is 9.71. The van der Waals surface area contributed by atoms with E-state index in [1.165, 1.54) is 10.6 Å². The molecule has 2 fully saturated rings. The van der Waals surface area contributed by atoms with Crippen molar-refractivity contribution in [2.24, 2.45) is 0 Å². The van der Waals surface area contributed by atoms with Crippen molar-refractivity contribution in [1.82, 2.24) is 15.1 Å². The maximum absolute atomic E-state index is 13.0. The number of hydrogen-bond donors (Lipinski definition) is 1. The van der Waals surface area contributed by atoms with Crippen LogP contribution in [0.2, 0.25) is 0 Å². The minimum Gasteiger partial charge on any atom is -0.337 e. The number of amides is 1. The third kappa shape index (κ3) is 4.01. The van der Waals surface area contributed by atoms with Gasteiger partial charge in [-0.3, -0.25) is 14.0 Å². The number of carbonyl (C=O) groups excluding carboxylic acids is 1. The molecule has 9 heteroatoms. The Balaban J connectivity index is 0.00000225. The van der Waals surface area contributed by atoms with Gasteiger partial charge in [-0.05, 0) is 43.5 Å². The second-order valence-corrected chi connectivity index (χ2v) is 9.79. The van der Waals surface area contributed by atoms with Gasteiger partial charge in [0, 0.05) is 56.9 Å². The number of likely N-dealkylation sites (tertiary alicyclic amines) is 1. The first-order chi connectivity index (χ1) is 12.8. The minimum atomic E-state index is -3.31. The van der Waals surface area contributed by atoms with Crippen LogP contribution in [-0.4, -0.2) is 81.7 Å². The summed E-state index contributed by atoms with van der Waals surface area (Å²) in [7, 11) is -3.31. The summed E-state index contributed by atoms with van der Waals surface area (Å²) in [4.78, 5) is 17.4. The zero-order valence-electron chi connectivity index (χ0n) is 16.4. The summed E-state index contributed by atoms with van der Waals surface area (Å²) in [5, 5.41) is 3.37. The van der Waals surface area contributed by atoms with E-state index in [0.29, 0.717) is 23.7 Å². The molecule has 0 spiro atoms. The molecule has 1 aromatic carbocycles. The molecule has 0 saturated carbocycles. The minimum absolute atomic E-state index is 0. The highest BCUT2D eigenvalue weighted by Crippen LogP contribution is 2.35. The molecule has 0 radical (unpaired) electrons. The van der Waals surface area contributed by atoms with E-state index in [1.54, 1.807) is 12.1 Å². The van der Waals surface area contributed by atoms with Crippen molar-refractivity contribution >= 4 is 34.0 Å². The largest absolute Gasteiger partial charge is 0.337 e. The standard InChI is InChI=1S/C19H28N4O3S.ClH/c1-14-11-16-12-15(3-4-18(16)23(14)27(2,25)26)19(24)22-8-5-17(13-22)21-9-6-20-7-10-21;/h3-4,12,14,17,20H,5-11,13H2,1-2H3;1H. The Hall–Kier alpha value is -1.35. The number of anilines is 1.